The molecule has 1 saturated heterocycles. The molecule has 0 bridgehead atoms. The monoisotopic (exact) mass is 508 g/mol. The molecule has 2 aromatic carbocycles. The highest BCUT2D eigenvalue weighted by atomic mass is 35.5. The number of carbonyl (C=O) groups excluding carboxylic acids is 1. The molecule has 2 aliphatic heterocycles. The second-order valence-corrected chi connectivity index (χ2v) is 9.85. The fourth-order valence-electron chi connectivity index (χ4n) is 5.27. The number of amides is 1. The fraction of sp³-hybridized carbons (Fsp3) is 0.357. The van der Waals surface area contributed by atoms with E-state index in [9.17, 15) is 9.59 Å². The molecule has 7 nitrogen and oxygen atoms in total. The fourth-order valence-corrected chi connectivity index (χ4v) is 5.46. The molecule has 3 aromatic rings. The van der Waals surface area contributed by atoms with E-state index in [0.717, 1.165) is 28.3 Å². The Morgan fingerprint density at radius 2 is 1.89 bits per heavy atom. The van der Waals surface area contributed by atoms with Gasteiger partial charge in [0.05, 0.1) is 24.9 Å². The van der Waals surface area contributed by atoms with Crippen molar-refractivity contribution in [2.45, 2.75) is 37.9 Å². The van der Waals surface area contributed by atoms with Gasteiger partial charge >= 0.3 is 5.97 Å². The van der Waals surface area contributed by atoms with Gasteiger partial charge in [-0.1, -0.05) is 23.7 Å². The van der Waals surface area contributed by atoms with E-state index in [4.69, 9.17) is 26.2 Å². The number of carbonyl (C=O) groups is 2. The van der Waals surface area contributed by atoms with Gasteiger partial charge in [0.15, 0.2) is 0 Å². The summed E-state index contributed by atoms with van der Waals surface area (Å²) in [5, 5.41) is 9.69. The number of hydrogen-bond acceptors (Lipinski definition) is 4. The van der Waals surface area contributed by atoms with Crippen molar-refractivity contribution in [1.29, 1.82) is 0 Å². The van der Waals surface area contributed by atoms with E-state index in [2.05, 4.69) is 4.57 Å². The zero-order chi connectivity index (χ0) is 25.2. The van der Waals surface area contributed by atoms with Gasteiger partial charge in [-0.3, -0.25) is 9.59 Å². The Morgan fingerprint density at radius 1 is 1.08 bits per heavy atom. The first-order valence-electron chi connectivity index (χ1n) is 12.2. The largest absolute Gasteiger partial charge is 0.497 e. The number of benzene rings is 2. The van der Waals surface area contributed by atoms with Crippen LogP contribution in [0.5, 0.6) is 5.75 Å². The number of carboxylic acid groups (broad SMARTS) is 1. The number of methoxy groups -OCH3 is 1. The molecule has 1 aromatic heterocycles. The SMILES string of the molecule is COc1cccc(C2OC(CC(=O)N3CCC(CC(=O)O)CC3)c3cccn3-c3ccc(Cl)cc32)c1. The van der Waals surface area contributed by atoms with Crippen molar-refractivity contribution in [3.05, 3.63) is 82.6 Å². The van der Waals surface area contributed by atoms with Crippen LogP contribution >= 0.6 is 11.6 Å². The number of likely N-dealkylation sites (tertiary alicyclic amines) is 1. The summed E-state index contributed by atoms with van der Waals surface area (Å²) in [5.74, 6) is 0.0700. The van der Waals surface area contributed by atoms with Crippen LogP contribution in [0.15, 0.2) is 60.8 Å². The number of ether oxygens (including phenoxy) is 2. The lowest BCUT2D eigenvalue weighted by molar-refractivity contribution is -0.139. The first-order chi connectivity index (χ1) is 17.4. The van der Waals surface area contributed by atoms with Crippen LogP contribution in [0.2, 0.25) is 5.02 Å². The normalized spacial score (nSPS) is 19.8. The van der Waals surface area contributed by atoms with Gasteiger partial charge in [-0.25, -0.2) is 0 Å². The lowest BCUT2D eigenvalue weighted by Crippen LogP contribution is -2.39. The third kappa shape index (κ3) is 4.99. The Morgan fingerprint density at radius 3 is 2.64 bits per heavy atom. The second kappa shape index (κ2) is 10.4. The van der Waals surface area contributed by atoms with Crippen LogP contribution in [-0.4, -0.2) is 46.6 Å². The molecule has 8 heteroatoms. The molecule has 2 atom stereocenters. The van der Waals surface area contributed by atoms with Crippen molar-refractivity contribution >= 4 is 23.5 Å². The summed E-state index contributed by atoms with van der Waals surface area (Å²) in [7, 11) is 1.63. The highest BCUT2D eigenvalue weighted by molar-refractivity contribution is 6.30. The van der Waals surface area contributed by atoms with E-state index in [0.29, 0.717) is 31.0 Å². The molecule has 3 heterocycles. The van der Waals surface area contributed by atoms with Crippen LogP contribution in [0.1, 0.15) is 54.7 Å². The number of hydrogen-bond donors (Lipinski definition) is 1. The lowest BCUT2D eigenvalue weighted by Gasteiger charge is -2.32. The van der Waals surface area contributed by atoms with Gasteiger partial charge in [0.2, 0.25) is 5.91 Å². The zero-order valence-electron chi connectivity index (χ0n) is 20.1. The molecule has 0 saturated carbocycles. The van der Waals surface area contributed by atoms with Crippen molar-refractivity contribution in [1.82, 2.24) is 9.47 Å². The predicted octanol–water partition coefficient (Wildman–Crippen LogP) is 5.40. The van der Waals surface area contributed by atoms with Crippen LogP contribution in [0.25, 0.3) is 5.69 Å². The molecule has 188 valence electrons. The Balaban J connectivity index is 1.45. The molecule has 0 radical (unpaired) electrons. The third-order valence-corrected chi connectivity index (χ3v) is 7.36. The maximum atomic E-state index is 13.4. The van der Waals surface area contributed by atoms with Gasteiger partial charge in [0, 0.05) is 36.3 Å². The minimum atomic E-state index is -0.782. The van der Waals surface area contributed by atoms with Gasteiger partial charge in [-0.2, -0.15) is 0 Å². The lowest BCUT2D eigenvalue weighted by atomic mass is 9.93. The molecule has 5 rings (SSSR count). The Hall–Kier alpha value is -3.29. The number of nitrogens with zero attached hydrogens (tertiary/aromatic N) is 2. The summed E-state index contributed by atoms with van der Waals surface area (Å²) in [6, 6.07) is 17.5. The van der Waals surface area contributed by atoms with Gasteiger partial charge in [-0.05, 0) is 66.8 Å². The topological polar surface area (TPSA) is 81.0 Å². The van der Waals surface area contributed by atoms with Gasteiger partial charge in [0.1, 0.15) is 18.0 Å². The molecular formula is C28H29ClN2O5. The number of rotatable bonds is 6. The van der Waals surface area contributed by atoms with E-state index in [1.54, 1.807) is 7.11 Å². The molecule has 36 heavy (non-hydrogen) atoms. The summed E-state index contributed by atoms with van der Waals surface area (Å²) in [4.78, 5) is 26.3. The van der Waals surface area contributed by atoms with E-state index in [1.165, 1.54) is 0 Å². The van der Waals surface area contributed by atoms with Crippen LogP contribution in [-0.2, 0) is 14.3 Å². The van der Waals surface area contributed by atoms with Gasteiger partial charge in [0.25, 0.3) is 0 Å². The number of aliphatic carboxylic acids is 1. The number of fused-ring (bicyclic) bond motifs is 3. The summed E-state index contributed by atoms with van der Waals surface area (Å²) >= 11 is 6.42. The van der Waals surface area contributed by atoms with Crippen LogP contribution < -0.4 is 4.74 Å². The van der Waals surface area contributed by atoms with E-state index in [1.807, 2.05) is 65.7 Å². The number of aromatic nitrogens is 1. The second-order valence-electron chi connectivity index (χ2n) is 9.41. The zero-order valence-corrected chi connectivity index (χ0v) is 20.9. The molecule has 0 spiro atoms. The maximum Gasteiger partial charge on any atom is 0.303 e. The highest BCUT2D eigenvalue weighted by Gasteiger charge is 2.34. The Labute approximate surface area is 215 Å². The Kier molecular flexibility index (Phi) is 7.03. The minimum Gasteiger partial charge on any atom is -0.497 e. The predicted molar refractivity (Wildman–Crippen MR) is 136 cm³/mol. The van der Waals surface area contributed by atoms with Crippen molar-refractivity contribution in [2.75, 3.05) is 20.2 Å². The van der Waals surface area contributed by atoms with Gasteiger partial charge < -0.3 is 24.0 Å². The average molecular weight is 509 g/mol. The number of carboxylic acids is 1. The summed E-state index contributed by atoms with van der Waals surface area (Å²) < 4.78 is 14.3. The van der Waals surface area contributed by atoms with Gasteiger partial charge in [-0.15, -0.1) is 0 Å². The Bertz CT molecular complexity index is 1260. The van der Waals surface area contributed by atoms with Crippen molar-refractivity contribution in [3.63, 3.8) is 0 Å². The molecule has 2 unspecified atom stereocenters. The van der Waals surface area contributed by atoms with Crippen LogP contribution in [0.4, 0.5) is 0 Å². The average Bonchev–Trinajstić information content (AvgIpc) is 3.32. The standard InChI is InChI=1S/C28H29ClN2O5/c1-35-21-5-2-4-19(15-21)28-22-16-20(29)7-8-23(22)31-11-3-6-24(31)25(36-28)17-26(32)30-12-9-18(10-13-30)14-27(33)34/h2-8,11,15-16,18,25,28H,9-10,12-14,17H2,1H3,(H,33,34). The minimum absolute atomic E-state index is 0.00917. The first kappa shape index (κ1) is 24.4. The maximum absolute atomic E-state index is 13.4. The molecule has 1 N–H and O–H groups in total. The van der Waals surface area contributed by atoms with Crippen LogP contribution in [0, 0.1) is 5.92 Å². The molecule has 0 aliphatic carbocycles. The van der Waals surface area contributed by atoms with Crippen molar-refractivity contribution in [3.8, 4) is 11.4 Å². The molecule has 2 aliphatic rings. The van der Waals surface area contributed by atoms with E-state index in [-0.39, 0.29) is 24.7 Å². The quantitative estimate of drug-likeness (QED) is 0.482. The van der Waals surface area contributed by atoms with Crippen molar-refractivity contribution < 1.29 is 24.2 Å². The molecule has 1 fully saturated rings. The summed E-state index contributed by atoms with van der Waals surface area (Å²) in [6.45, 7) is 1.14. The summed E-state index contributed by atoms with van der Waals surface area (Å²) in [6.07, 6.45) is 2.81. The third-order valence-electron chi connectivity index (χ3n) is 7.13. The number of halogens is 1. The van der Waals surface area contributed by atoms with E-state index >= 15 is 0 Å². The molecular weight excluding hydrogens is 480 g/mol. The van der Waals surface area contributed by atoms with E-state index < -0.39 is 18.2 Å². The highest BCUT2D eigenvalue weighted by Crippen LogP contribution is 2.42. The van der Waals surface area contributed by atoms with Crippen LogP contribution in [0.3, 0.4) is 0 Å². The smallest absolute Gasteiger partial charge is 0.303 e. The van der Waals surface area contributed by atoms with Crippen molar-refractivity contribution in [2.24, 2.45) is 5.92 Å². The molecule has 1 amide bonds. The number of piperidine rings is 1. The first-order valence-corrected chi connectivity index (χ1v) is 12.6. The summed E-state index contributed by atoms with van der Waals surface area (Å²) in [5.41, 5.74) is 3.68.